The zero-order chi connectivity index (χ0) is 22.1. The second kappa shape index (κ2) is 8.99. The SMILES string of the molecule is CCCN1c2cc(C)c(/C=N\NC(=O)c3ccc(Cl)c(Cl)c3)cc2C(C)CC1(C)C. The van der Waals surface area contributed by atoms with Crippen LogP contribution in [0, 0.1) is 6.92 Å². The number of nitrogens with zero attached hydrogens (tertiary/aromatic N) is 2. The molecule has 0 fully saturated rings. The molecule has 1 heterocycles. The van der Waals surface area contributed by atoms with Crippen molar-refractivity contribution in [2.75, 3.05) is 11.4 Å². The number of aryl methyl sites for hydroxylation is 1. The van der Waals surface area contributed by atoms with Crippen molar-refractivity contribution in [3.63, 3.8) is 0 Å². The average Bonchev–Trinajstić information content (AvgIpc) is 2.67. The Bertz CT molecular complexity index is 985. The molecule has 30 heavy (non-hydrogen) atoms. The molecule has 0 bridgehead atoms. The van der Waals surface area contributed by atoms with Crippen LogP contribution < -0.4 is 10.3 Å². The van der Waals surface area contributed by atoms with Gasteiger partial charge in [-0.3, -0.25) is 4.79 Å². The van der Waals surface area contributed by atoms with E-state index in [4.69, 9.17) is 23.2 Å². The molecule has 1 N–H and O–H groups in total. The third-order valence-corrected chi connectivity index (χ3v) is 6.51. The van der Waals surface area contributed by atoms with E-state index < -0.39 is 0 Å². The number of anilines is 1. The first-order valence-electron chi connectivity index (χ1n) is 10.3. The maximum atomic E-state index is 12.3. The number of hydrogen-bond acceptors (Lipinski definition) is 3. The lowest BCUT2D eigenvalue weighted by atomic mass is 9.79. The minimum Gasteiger partial charge on any atom is -0.366 e. The maximum Gasteiger partial charge on any atom is 0.271 e. The Morgan fingerprint density at radius 2 is 2.00 bits per heavy atom. The number of nitrogens with one attached hydrogen (secondary N) is 1. The summed E-state index contributed by atoms with van der Waals surface area (Å²) in [4.78, 5) is 14.9. The van der Waals surface area contributed by atoms with Gasteiger partial charge in [0.15, 0.2) is 0 Å². The fourth-order valence-corrected chi connectivity index (χ4v) is 4.60. The lowest BCUT2D eigenvalue weighted by Crippen LogP contribution is -2.48. The molecule has 6 heteroatoms. The predicted molar refractivity (Wildman–Crippen MR) is 127 cm³/mol. The van der Waals surface area contributed by atoms with Gasteiger partial charge in [-0.05, 0) is 86.6 Å². The molecule has 0 aromatic heterocycles. The standard InChI is InChI=1S/C24H29Cl2N3O/c1-6-9-29-22-10-15(2)18(11-19(22)16(3)13-24(29,4)5)14-27-28-23(30)17-7-8-20(25)21(26)12-17/h7-8,10-12,14,16H,6,9,13H2,1-5H3,(H,28,30)/b27-14-. The third kappa shape index (κ3) is 4.65. The van der Waals surface area contributed by atoms with Gasteiger partial charge in [0.25, 0.3) is 5.91 Å². The first-order valence-corrected chi connectivity index (χ1v) is 11.1. The first kappa shape index (κ1) is 22.6. The number of rotatable bonds is 5. The van der Waals surface area contributed by atoms with Gasteiger partial charge in [-0.2, -0.15) is 5.10 Å². The van der Waals surface area contributed by atoms with Gasteiger partial charge in [-0.25, -0.2) is 5.43 Å². The molecular weight excluding hydrogens is 417 g/mol. The summed E-state index contributed by atoms with van der Waals surface area (Å²) in [5.74, 6) is 0.131. The Kier molecular flexibility index (Phi) is 6.78. The molecule has 160 valence electrons. The summed E-state index contributed by atoms with van der Waals surface area (Å²) in [5.41, 5.74) is 7.91. The molecule has 0 aliphatic carbocycles. The van der Waals surface area contributed by atoms with Crippen LogP contribution in [0.1, 0.15) is 73.5 Å². The summed E-state index contributed by atoms with van der Waals surface area (Å²) in [6.07, 6.45) is 3.93. The van der Waals surface area contributed by atoms with Gasteiger partial charge in [0.05, 0.1) is 16.3 Å². The van der Waals surface area contributed by atoms with Crippen LogP contribution in [-0.4, -0.2) is 24.2 Å². The topological polar surface area (TPSA) is 44.7 Å². The maximum absolute atomic E-state index is 12.3. The van der Waals surface area contributed by atoms with Gasteiger partial charge in [-0.1, -0.05) is 37.0 Å². The van der Waals surface area contributed by atoms with E-state index in [1.165, 1.54) is 17.3 Å². The van der Waals surface area contributed by atoms with Crippen LogP contribution >= 0.6 is 23.2 Å². The molecule has 0 saturated heterocycles. The van der Waals surface area contributed by atoms with E-state index in [1.807, 2.05) is 0 Å². The van der Waals surface area contributed by atoms with E-state index in [-0.39, 0.29) is 11.4 Å². The van der Waals surface area contributed by atoms with Gasteiger partial charge in [0.2, 0.25) is 0 Å². The van der Waals surface area contributed by atoms with Crippen molar-refractivity contribution in [3.05, 3.63) is 62.6 Å². The largest absolute Gasteiger partial charge is 0.366 e. The molecule has 1 amide bonds. The van der Waals surface area contributed by atoms with Crippen LogP contribution in [0.15, 0.2) is 35.4 Å². The zero-order valence-corrected chi connectivity index (χ0v) is 19.7. The number of carbonyl (C=O) groups excluding carboxylic acids is 1. The summed E-state index contributed by atoms with van der Waals surface area (Å²) in [7, 11) is 0. The van der Waals surface area contributed by atoms with Crippen molar-refractivity contribution in [2.45, 2.75) is 58.9 Å². The Morgan fingerprint density at radius 1 is 1.27 bits per heavy atom. The van der Waals surface area contributed by atoms with Crippen molar-refractivity contribution < 1.29 is 4.79 Å². The highest BCUT2D eigenvalue weighted by Crippen LogP contribution is 2.44. The number of amides is 1. The van der Waals surface area contributed by atoms with Crippen molar-refractivity contribution in [1.82, 2.24) is 5.43 Å². The zero-order valence-electron chi connectivity index (χ0n) is 18.2. The Morgan fingerprint density at radius 3 is 2.67 bits per heavy atom. The Hall–Kier alpha value is -2.04. The van der Waals surface area contributed by atoms with Crippen LogP contribution in [-0.2, 0) is 0 Å². The van der Waals surface area contributed by atoms with E-state index >= 15 is 0 Å². The van der Waals surface area contributed by atoms with E-state index in [1.54, 1.807) is 18.3 Å². The molecule has 2 aromatic rings. The Balaban J connectivity index is 1.83. The second-order valence-corrected chi connectivity index (χ2v) is 9.48. The van der Waals surface area contributed by atoms with E-state index in [0.29, 0.717) is 21.5 Å². The van der Waals surface area contributed by atoms with Crippen molar-refractivity contribution in [3.8, 4) is 0 Å². The van der Waals surface area contributed by atoms with Crippen molar-refractivity contribution >= 4 is 41.0 Å². The van der Waals surface area contributed by atoms with Crippen molar-refractivity contribution in [1.29, 1.82) is 0 Å². The highest BCUT2D eigenvalue weighted by Gasteiger charge is 2.36. The summed E-state index contributed by atoms with van der Waals surface area (Å²) in [6.45, 7) is 12.3. The van der Waals surface area contributed by atoms with Crippen LogP contribution in [0.4, 0.5) is 5.69 Å². The predicted octanol–water partition coefficient (Wildman–Crippen LogP) is 6.57. The average molecular weight is 446 g/mol. The molecule has 1 aliphatic rings. The number of halogens is 2. The third-order valence-electron chi connectivity index (χ3n) is 5.77. The summed E-state index contributed by atoms with van der Waals surface area (Å²) >= 11 is 11.9. The Labute approximate surface area is 189 Å². The second-order valence-electron chi connectivity index (χ2n) is 8.66. The molecule has 2 aromatic carbocycles. The van der Waals surface area contributed by atoms with E-state index in [9.17, 15) is 4.79 Å². The fourth-order valence-electron chi connectivity index (χ4n) is 4.30. The lowest BCUT2D eigenvalue weighted by molar-refractivity contribution is 0.0955. The van der Waals surface area contributed by atoms with Crippen LogP contribution in [0.3, 0.4) is 0 Å². The van der Waals surface area contributed by atoms with Crippen LogP contribution in [0.2, 0.25) is 10.0 Å². The molecule has 3 rings (SSSR count). The van der Waals surface area contributed by atoms with E-state index in [2.05, 4.69) is 62.2 Å². The number of carbonyl (C=O) groups is 1. The quantitative estimate of drug-likeness (QED) is 0.417. The molecule has 1 atom stereocenters. The smallest absolute Gasteiger partial charge is 0.271 e. The lowest BCUT2D eigenvalue weighted by Gasteiger charge is -2.48. The van der Waals surface area contributed by atoms with Crippen LogP contribution in [0.25, 0.3) is 0 Å². The summed E-state index contributed by atoms with van der Waals surface area (Å²) in [6, 6.07) is 9.22. The molecule has 0 radical (unpaired) electrons. The summed E-state index contributed by atoms with van der Waals surface area (Å²) < 4.78 is 0. The first-order chi connectivity index (χ1) is 14.1. The highest BCUT2D eigenvalue weighted by molar-refractivity contribution is 6.42. The molecule has 0 spiro atoms. The molecule has 1 unspecified atom stereocenters. The van der Waals surface area contributed by atoms with Gasteiger partial charge >= 0.3 is 0 Å². The minimum absolute atomic E-state index is 0.137. The number of hydrogen-bond donors (Lipinski definition) is 1. The van der Waals surface area contributed by atoms with Gasteiger partial charge in [0, 0.05) is 23.3 Å². The van der Waals surface area contributed by atoms with Gasteiger partial charge < -0.3 is 4.90 Å². The van der Waals surface area contributed by atoms with Gasteiger partial charge in [0.1, 0.15) is 0 Å². The normalized spacial score (nSPS) is 17.8. The summed E-state index contributed by atoms with van der Waals surface area (Å²) in [5, 5.41) is 4.93. The van der Waals surface area contributed by atoms with Crippen molar-refractivity contribution in [2.24, 2.45) is 5.10 Å². The molecule has 0 saturated carbocycles. The number of fused-ring (bicyclic) bond motifs is 1. The molecule has 1 aliphatic heterocycles. The van der Waals surface area contributed by atoms with Crippen LogP contribution in [0.5, 0.6) is 0 Å². The highest BCUT2D eigenvalue weighted by atomic mass is 35.5. The fraction of sp³-hybridized carbons (Fsp3) is 0.417. The monoisotopic (exact) mass is 445 g/mol. The molecular formula is C24H29Cl2N3O. The van der Waals surface area contributed by atoms with Gasteiger partial charge in [-0.15, -0.1) is 0 Å². The number of hydrazone groups is 1. The minimum atomic E-state index is -0.329. The van der Waals surface area contributed by atoms with E-state index in [0.717, 1.165) is 30.5 Å². The number of benzene rings is 2. The molecule has 4 nitrogen and oxygen atoms in total.